The van der Waals surface area contributed by atoms with E-state index in [1.54, 1.807) is 42.6 Å². The number of benzene rings is 3. The summed E-state index contributed by atoms with van der Waals surface area (Å²) in [6.45, 7) is 6.65. The number of aromatic amines is 1. The van der Waals surface area contributed by atoms with Crippen molar-refractivity contribution in [3.05, 3.63) is 102 Å². The number of carboxylic acid groups (broad SMARTS) is 1. The number of hydrogen-bond donors (Lipinski definition) is 15. The maximum absolute atomic E-state index is 14.8. The van der Waals surface area contributed by atoms with Gasteiger partial charge in [-0.15, -0.1) is 0 Å². The van der Waals surface area contributed by atoms with Crippen LogP contribution in [0.25, 0.3) is 10.9 Å². The van der Waals surface area contributed by atoms with Gasteiger partial charge in [0, 0.05) is 47.4 Å². The fourth-order valence-corrected chi connectivity index (χ4v) is 10.9. The van der Waals surface area contributed by atoms with Crippen molar-refractivity contribution in [3.63, 3.8) is 0 Å². The molecule has 1 fully saturated rings. The number of nitrogens with two attached hydrogens (primary N) is 3. The molecule has 3 aromatic carbocycles. The van der Waals surface area contributed by atoms with Crippen LogP contribution < -0.4 is 54.4 Å². The summed E-state index contributed by atoms with van der Waals surface area (Å²) in [6, 6.07) is 10.1. The number of nitrogens with one attached hydrogen (secondary N) is 8. The van der Waals surface area contributed by atoms with E-state index in [0.29, 0.717) is 11.1 Å². The molecular formula is C52H71N11O13S2. The third-order valence-corrected chi connectivity index (χ3v) is 15.5. The maximum Gasteiger partial charge on any atom is 0.300 e. The summed E-state index contributed by atoms with van der Waals surface area (Å²) in [4.78, 5) is 125. The summed E-state index contributed by atoms with van der Waals surface area (Å²) in [7, 11) is 1.94. The third-order valence-electron chi connectivity index (χ3n) is 12.2. The number of aliphatic carboxylic acids is 1. The standard InChI is InChI=1S/C50H67N11O11S2.C2H4O2/c1-26(62)39(42(53)65)59-49(72)41-50(3,4)74-73-25-38(58-43(66)33(52)21-28-11-6-5-7-12-28)47(70)56-36(22-29-16-18-31(64)19-17-29)45(68)57-37(23-30-24-54-34-14-9-8-13-32(30)34)46(69)55-35(15-10-20-51)44(67)60-40(27(2)63)48(71)61-41;1-2(3)4/h5-9,11-14,16-19,24,26-27,33,35-41,54,62-64H,10,15,20-23,25,51-52H2,1-4H3,(H2,53,65)(H,55,69)(H,56,70)(H,57,68)(H,58,66)(H,59,72)(H,60,67)(H,61,71);1H3,(H,3,4)/t26-,27-,33-,35+,36+,37?,38?,39+,40?,41?;/m1./s1. The number of aliphatic hydroxyl groups excluding tert-OH is 2. The predicted molar refractivity (Wildman–Crippen MR) is 294 cm³/mol. The number of H-pyrrole nitrogens is 1. The number of para-hydroxylation sites is 1. The summed E-state index contributed by atoms with van der Waals surface area (Å²) in [5.74, 6) is -8.53. The van der Waals surface area contributed by atoms with Crippen LogP contribution in [-0.2, 0) is 62.4 Å². The van der Waals surface area contributed by atoms with Gasteiger partial charge in [-0.25, -0.2) is 0 Å². The number of phenolic OH excluding ortho intramolecular Hbond substituents is 1. The molecule has 0 radical (unpaired) electrons. The summed E-state index contributed by atoms with van der Waals surface area (Å²) in [6.07, 6.45) is -1.53. The zero-order chi connectivity index (χ0) is 57.9. The number of amides is 8. The Morgan fingerprint density at radius 1 is 0.769 bits per heavy atom. The Morgan fingerprint density at radius 3 is 1.95 bits per heavy atom. The van der Waals surface area contributed by atoms with Crippen LogP contribution in [0, 0.1) is 0 Å². The molecule has 24 nitrogen and oxygen atoms in total. The number of primary amides is 1. The van der Waals surface area contributed by atoms with Crippen molar-refractivity contribution in [2.45, 2.75) is 132 Å². The molecule has 1 aliphatic heterocycles. The molecule has 4 aromatic rings. The van der Waals surface area contributed by atoms with E-state index in [0.717, 1.165) is 45.0 Å². The smallest absolute Gasteiger partial charge is 0.300 e. The summed E-state index contributed by atoms with van der Waals surface area (Å²) < 4.78 is -1.42. The molecule has 5 rings (SSSR count). The van der Waals surface area contributed by atoms with Gasteiger partial charge in [0.15, 0.2) is 0 Å². The van der Waals surface area contributed by atoms with E-state index in [4.69, 9.17) is 27.1 Å². The number of aliphatic hydroxyl groups is 2. The van der Waals surface area contributed by atoms with Gasteiger partial charge in [0.1, 0.15) is 48.0 Å². The number of hydrogen-bond acceptors (Lipinski definition) is 16. The van der Waals surface area contributed by atoms with Gasteiger partial charge in [0.2, 0.25) is 47.3 Å². The quantitative estimate of drug-likeness (QED) is 0.0591. The van der Waals surface area contributed by atoms with E-state index in [1.165, 1.54) is 52.0 Å². The number of aromatic hydroxyl groups is 1. The minimum Gasteiger partial charge on any atom is -0.508 e. The lowest BCUT2D eigenvalue weighted by molar-refractivity contribution is -0.137. The van der Waals surface area contributed by atoms with Gasteiger partial charge in [-0.1, -0.05) is 82.3 Å². The van der Waals surface area contributed by atoms with E-state index in [1.807, 2.05) is 18.2 Å². The predicted octanol–water partition coefficient (Wildman–Crippen LogP) is -1.13. The van der Waals surface area contributed by atoms with Gasteiger partial charge in [-0.2, -0.15) is 0 Å². The lowest BCUT2D eigenvalue weighted by Crippen LogP contribution is -2.65. The van der Waals surface area contributed by atoms with Crippen LogP contribution in [0.5, 0.6) is 5.75 Å². The van der Waals surface area contributed by atoms with E-state index in [9.17, 15) is 53.7 Å². The molecule has 424 valence electrons. The third kappa shape index (κ3) is 19.3. The SMILES string of the molecule is CC(=O)O.C[C@@H](O)C1NC(=O)[C@H](CCCN)NC(=O)C(Cc2c[nH]c3ccccc23)NC(=O)[C@H](Cc2ccc(O)cc2)NC(=O)C(NC(=O)[C@H](N)Cc2ccccc2)CSSC(C)(C)C(C(=O)N[C@H](C(N)=O)[C@@H](C)O)NC1=O. The van der Waals surface area contributed by atoms with E-state index in [-0.39, 0.29) is 50.2 Å². The maximum atomic E-state index is 14.8. The number of phenols is 1. The number of aromatic nitrogens is 1. The van der Waals surface area contributed by atoms with Crippen molar-refractivity contribution in [1.82, 2.24) is 42.2 Å². The molecule has 0 aliphatic carbocycles. The van der Waals surface area contributed by atoms with Gasteiger partial charge in [0.25, 0.3) is 5.97 Å². The molecule has 26 heteroatoms. The molecule has 4 unspecified atom stereocenters. The van der Waals surface area contributed by atoms with Crippen LogP contribution in [-0.4, -0.2) is 156 Å². The second kappa shape index (κ2) is 30.1. The van der Waals surface area contributed by atoms with Crippen molar-refractivity contribution in [2.24, 2.45) is 17.2 Å². The molecule has 78 heavy (non-hydrogen) atoms. The van der Waals surface area contributed by atoms with E-state index in [2.05, 4.69) is 42.2 Å². The zero-order valence-corrected chi connectivity index (χ0v) is 45.5. The lowest BCUT2D eigenvalue weighted by Gasteiger charge is -2.36. The largest absolute Gasteiger partial charge is 0.508 e. The molecule has 2 heterocycles. The molecular weight excluding hydrogens is 1050 g/mol. The topological polar surface area (TPSA) is 413 Å². The number of fused-ring (bicyclic) bond motifs is 1. The molecule has 8 amide bonds. The Kier molecular flexibility index (Phi) is 24.4. The van der Waals surface area contributed by atoms with Crippen molar-refractivity contribution in [2.75, 3.05) is 12.3 Å². The van der Waals surface area contributed by atoms with Crippen LogP contribution in [0.3, 0.4) is 0 Å². The van der Waals surface area contributed by atoms with Crippen molar-refractivity contribution in [1.29, 1.82) is 0 Å². The van der Waals surface area contributed by atoms with Gasteiger partial charge >= 0.3 is 0 Å². The average Bonchev–Trinajstić information content (AvgIpc) is 3.79. The number of rotatable bonds is 16. The average molecular weight is 1120 g/mol. The molecule has 0 saturated carbocycles. The normalized spacial score (nSPS) is 22.2. The molecule has 0 bridgehead atoms. The van der Waals surface area contributed by atoms with Gasteiger partial charge in [-0.05, 0) is 88.4 Å². The Hall–Kier alpha value is -7.23. The van der Waals surface area contributed by atoms with E-state index < -0.39 is 119 Å². The highest BCUT2D eigenvalue weighted by molar-refractivity contribution is 8.77. The summed E-state index contributed by atoms with van der Waals surface area (Å²) in [5, 5.41) is 58.0. The van der Waals surface area contributed by atoms with Gasteiger partial charge in [0.05, 0.1) is 18.2 Å². The van der Waals surface area contributed by atoms with Crippen LogP contribution >= 0.6 is 21.6 Å². The summed E-state index contributed by atoms with van der Waals surface area (Å²) >= 11 is 0. The van der Waals surface area contributed by atoms with Crippen LogP contribution in [0.1, 0.15) is 64.2 Å². The number of carboxylic acids is 1. The minimum absolute atomic E-state index is 0.0658. The highest BCUT2D eigenvalue weighted by atomic mass is 33.1. The number of carbonyl (C=O) groups excluding carboxylic acids is 8. The Morgan fingerprint density at radius 2 is 1.35 bits per heavy atom. The molecule has 18 N–H and O–H groups in total. The first-order valence-electron chi connectivity index (χ1n) is 24.9. The first-order chi connectivity index (χ1) is 36.8. The molecule has 0 spiro atoms. The Bertz CT molecular complexity index is 2710. The minimum atomic E-state index is -1.76. The second-order valence-electron chi connectivity index (χ2n) is 19.2. The first kappa shape index (κ1) is 63.3. The molecule has 1 saturated heterocycles. The van der Waals surface area contributed by atoms with Crippen molar-refractivity contribution in [3.8, 4) is 5.75 Å². The fraction of sp³-hybridized carbons (Fsp3) is 0.442. The van der Waals surface area contributed by atoms with Gasteiger partial charge < -0.3 is 79.8 Å². The first-order valence-corrected chi connectivity index (χ1v) is 27.2. The highest BCUT2D eigenvalue weighted by Gasteiger charge is 2.43. The molecule has 1 aliphatic rings. The second-order valence-corrected chi connectivity index (χ2v) is 22.2. The Labute approximate surface area is 458 Å². The van der Waals surface area contributed by atoms with E-state index >= 15 is 0 Å². The van der Waals surface area contributed by atoms with Gasteiger partial charge in [-0.3, -0.25) is 43.2 Å². The van der Waals surface area contributed by atoms with Crippen LogP contribution in [0.4, 0.5) is 0 Å². The zero-order valence-electron chi connectivity index (χ0n) is 43.8. The number of carbonyl (C=O) groups is 9. The monoisotopic (exact) mass is 1120 g/mol. The fourth-order valence-electron chi connectivity index (χ4n) is 8.05. The lowest BCUT2D eigenvalue weighted by atomic mass is 9.99. The summed E-state index contributed by atoms with van der Waals surface area (Å²) in [5.41, 5.74) is 20.3. The molecule has 1 aromatic heterocycles. The Balaban J connectivity index is 0.00000317. The van der Waals surface area contributed by atoms with Crippen molar-refractivity contribution >= 4 is 85.7 Å². The highest BCUT2D eigenvalue weighted by Crippen LogP contribution is 2.39. The molecule has 10 atom stereocenters. The van der Waals surface area contributed by atoms with Crippen molar-refractivity contribution < 1.29 is 63.6 Å². The van der Waals surface area contributed by atoms with Crippen LogP contribution in [0.2, 0.25) is 0 Å². The van der Waals surface area contributed by atoms with Crippen LogP contribution in [0.15, 0.2) is 85.1 Å².